The van der Waals surface area contributed by atoms with Gasteiger partial charge in [0.2, 0.25) is 29.3 Å². The van der Waals surface area contributed by atoms with Crippen LogP contribution in [-0.2, 0) is 28.8 Å². The zero-order valence-corrected chi connectivity index (χ0v) is 27.0. The summed E-state index contributed by atoms with van der Waals surface area (Å²) in [5, 5.41) is 10.3. The van der Waals surface area contributed by atoms with Gasteiger partial charge >= 0.3 is 0 Å². The molecule has 2 unspecified atom stereocenters. The number of amides is 3. The van der Waals surface area contributed by atoms with E-state index in [1.807, 2.05) is 13.0 Å². The molecule has 244 valence electrons. The quantitative estimate of drug-likeness (QED) is 0.332. The molecule has 2 aliphatic heterocycles. The van der Waals surface area contributed by atoms with Gasteiger partial charge in [-0.2, -0.15) is 0 Å². The van der Waals surface area contributed by atoms with Gasteiger partial charge in [-0.25, -0.2) is 4.39 Å². The molecule has 1 spiro atoms. The lowest BCUT2D eigenvalue weighted by molar-refractivity contribution is -0.145. The first-order chi connectivity index (χ1) is 21.2. The van der Waals surface area contributed by atoms with E-state index in [0.717, 1.165) is 18.4 Å². The maximum Gasteiger partial charge on any atom is 0.246 e. The molecule has 0 radical (unpaired) electrons. The molecule has 4 aliphatic rings. The minimum Gasteiger partial charge on any atom is -0.387 e. The Kier molecular flexibility index (Phi) is 9.40. The Morgan fingerprint density at radius 1 is 1.16 bits per heavy atom. The molecule has 10 nitrogen and oxygen atoms in total. The van der Waals surface area contributed by atoms with Crippen molar-refractivity contribution in [2.45, 2.75) is 109 Å². The fraction of sp³-hybridized carbons (Fsp3) is 0.636. The third-order valence-corrected chi connectivity index (χ3v) is 9.32. The summed E-state index contributed by atoms with van der Waals surface area (Å²) in [5.41, 5.74) is -0.468. The minimum absolute atomic E-state index is 0.0118. The Morgan fingerprint density at radius 3 is 2.47 bits per heavy atom. The normalized spacial score (nSPS) is 26.9. The van der Waals surface area contributed by atoms with Crippen molar-refractivity contribution < 1.29 is 33.2 Å². The molecule has 1 aromatic rings. The van der Waals surface area contributed by atoms with E-state index < -0.39 is 70.5 Å². The highest BCUT2D eigenvalue weighted by Gasteiger charge is 2.56. The number of alkyl halides is 1. The fourth-order valence-corrected chi connectivity index (χ4v) is 6.35. The molecular weight excluding hydrogens is 603 g/mol. The lowest BCUT2D eigenvalue weighted by atomic mass is 9.85. The Balaban J connectivity index is 1.40. The number of hydrogen-bond acceptors (Lipinski definition) is 7. The molecule has 0 aromatic heterocycles. The second-order valence-corrected chi connectivity index (χ2v) is 14.6. The van der Waals surface area contributed by atoms with Crippen LogP contribution in [0.1, 0.15) is 84.6 Å². The average molecular weight is 645 g/mol. The number of nitrogens with zero attached hydrogens (tertiary/aromatic N) is 2. The highest BCUT2D eigenvalue weighted by Crippen LogP contribution is 2.41. The van der Waals surface area contributed by atoms with Gasteiger partial charge in [-0.1, -0.05) is 63.0 Å². The maximum absolute atomic E-state index is 14.3. The topological polar surface area (TPSA) is 134 Å². The number of carbonyl (C=O) groups is 5. The van der Waals surface area contributed by atoms with Gasteiger partial charge in [0, 0.05) is 29.8 Å². The third-order valence-electron chi connectivity index (χ3n) is 9.09. The highest BCUT2D eigenvalue weighted by molar-refractivity contribution is 6.39. The number of rotatable bonds is 12. The van der Waals surface area contributed by atoms with E-state index in [-0.39, 0.29) is 44.6 Å². The first-order valence-corrected chi connectivity index (χ1v) is 16.2. The number of nitrogens with one attached hydrogen (secondary N) is 2. The van der Waals surface area contributed by atoms with Gasteiger partial charge in [-0.05, 0) is 49.1 Å². The molecule has 1 saturated heterocycles. The largest absolute Gasteiger partial charge is 0.387 e. The molecule has 0 bridgehead atoms. The van der Waals surface area contributed by atoms with Gasteiger partial charge in [-0.3, -0.25) is 24.0 Å². The summed E-state index contributed by atoms with van der Waals surface area (Å²) in [7, 11) is 0. The monoisotopic (exact) mass is 644 g/mol. The summed E-state index contributed by atoms with van der Waals surface area (Å²) in [6.45, 7) is 7.19. The van der Waals surface area contributed by atoms with Gasteiger partial charge in [0.15, 0.2) is 5.60 Å². The maximum atomic E-state index is 14.3. The molecule has 5 rings (SSSR count). The van der Waals surface area contributed by atoms with E-state index in [2.05, 4.69) is 15.8 Å². The Bertz CT molecular complexity index is 1410. The van der Waals surface area contributed by atoms with E-state index in [1.54, 1.807) is 39.0 Å². The molecule has 2 saturated carbocycles. The molecule has 2 heterocycles. The third kappa shape index (κ3) is 7.56. The molecule has 2 aliphatic carbocycles. The molecule has 45 heavy (non-hydrogen) atoms. The first kappa shape index (κ1) is 33.0. The Labute approximate surface area is 267 Å². The van der Waals surface area contributed by atoms with Gasteiger partial charge < -0.3 is 20.4 Å². The predicted octanol–water partition coefficient (Wildman–Crippen LogP) is 3.92. The van der Waals surface area contributed by atoms with Crippen molar-refractivity contribution in [2.75, 3.05) is 6.54 Å². The van der Waals surface area contributed by atoms with Crippen LogP contribution in [0.3, 0.4) is 0 Å². The standard InChI is InChI=1S/C33H42ClFN4O6/c1-5-7-23(27(41)26(40)12-18-10-11-18)36-30(43)25-16-33(15-24(38-45-33)19-8-6-9-20(34)13-19)17-39(25)31(44)28(32(2,3)4)37-29(42)21-14-22(21)35/h6,8-9,13,18,21-23,25,28H,5,7,10-12,14-17H2,1-4H3,(H,36,43)(H,37,42)/t21?,22-,23-,25?,28+,33+/m0/s1. The second kappa shape index (κ2) is 12.8. The average Bonchev–Trinajstić information content (AvgIpc) is 3.87. The highest BCUT2D eigenvalue weighted by atomic mass is 35.5. The zero-order valence-electron chi connectivity index (χ0n) is 26.2. The molecule has 6 atom stereocenters. The van der Waals surface area contributed by atoms with Gasteiger partial charge in [0.25, 0.3) is 0 Å². The second-order valence-electron chi connectivity index (χ2n) is 14.1. The van der Waals surface area contributed by atoms with Crippen molar-refractivity contribution in [3.05, 3.63) is 34.9 Å². The Hall–Kier alpha value is -3.34. The summed E-state index contributed by atoms with van der Waals surface area (Å²) in [6.07, 6.45) is 2.08. The van der Waals surface area contributed by atoms with Crippen molar-refractivity contribution in [3.63, 3.8) is 0 Å². The van der Waals surface area contributed by atoms with Gasteiger partial charge in [-0.15, -0.1) is 0 Å². The molecular formula is C33H42ClFN4O6. The SMILES string of the molecule is CCC[C@H](NC(=O)C1C[C@]2(CC(c3cccc(Cl)c3)=NO2)CN1C(=O)[C@@H](NC(=O)C1C[C@@H]1F)C(C)(C)C)C(=O)C(=O)CC1CC1. The van der Waals surface area contributed by atoms with Crippen molar-refractivity contribution in [1.82, 2.24) is 15.5 Å². The van der Waals surface area contributed by atoms with Crippen molar-refractivity contribution in [3.8, 4) is 0 Å². The number of benzene rings is 1. The summed E-state index contributed by atoms with van der Waals surface area (Å²) < 4.78 is 13.7. The van der Waals surface area contributed by atoms with E-state index in [1.165, 1.54) is 4.90 Å². The van der Waals surface area contributed by atoms with Crippen LogP contribution in [0.5, 0.6) is 0 Å². The van der Waals surface area contributed by atoms with Crippen LogP contribution >= 0.6 is 11.6 Å². The molecule has 2 N–H and O–H groups in total. The Morgan fingerprint density at radius 2 is 1.87 bits per heavy atom. The van der Waals surface area contributed by atoms with Crippen molar-refractivity contribution in [2.24, 2.45) is 22.4 Å². The molecule has 3 fully saturated rings. The zero-order chi connectivity index (χ0) is 32.7. The number of hydrogen-bond donors (Lipinski definition) is 2. The van der Waals surface area contributed by atoms with Crippen LogP contribution in [0.15, 0.2) is 29.4 Å². The minimum atomic E-state index is -1.24. The van der Waals surface area contributed by atoms with Gasteiger partial charge in [0.05, 0.1) is 24.2 Å². The van der Waals surface area contributed by atoms with E-state index in [9.17, 15) is 28.4 Å². The summed E-state index contributed by atoms with van der Waals surface area (Å²) in [5.74, 6) is -3.35. The number of carbonyl (C=O) groups excluding carboxylic acids is 5. The first-order valence-electron chi connectivity index (χ1n) is 15.8. The van der Waals surface area contributed by atoms with Crippen LogP contribution < -0.4 is 10.6 Å². The number of oxime groups is 1. The van der Waals surface area contributed by atoms with Crippen molar-refractivity contribution in [1.29, 1.82) is 0 Å². The number of halogens is 2. The van der Waals surface area contributed by atoms with Crippen LogP contribution in [0.2, 0.25) is 5.02 Å². The number of likely N-dealkylation sites (tertiary alicyclic amines) is 1. The van der Waals surface area contributed by atoms with Crippen LogP contribution in [0, 0.1) is 17.3 Å². The van der Waals surface area contributed by atoms with Crippen LogP contribution in [-0.4, -0.2) is 76.3 Å². The summed E-state index contributed by atoms with van der Waals surface area (Å²) in [6, 6.07) is 3.98. The predicted molar refractivity (Wildman–Crippen MR) is 165 cm³/mol. The van der Waals surface area contributed by atoms with Crippen LogP contribution in [0.25, 0.3) is 0 Å². The van der Waals surface area contributed by atoms with E-state index in [0.29, 0.717) is 17.2 Å². The van der Waals surface area contributed by atoms with Gasteiger partial charge in [0.1, 0.15) is 18.3 Å². The lowest BCUT2D eigenvalue weighted by Crippen LogP contribution is -2.59. The number of Topliss-reactive ketones (excluding diaryl/α,β-unsaturated/α-hetero) is 2. The van der Waals surface area contributed by atoms with Crippen LogP contribution in [0.4, 0.5) is 4.39 Å². The molecule has 12 heteroatoms. The van der Waals surface area contributed by atoms with Crippen molar-refractivity contribution >= 4 is 46.6 Å². The molecule has 1 aromatic carbocycles. The molecule has 3 amide bonds. The smallest absolute Gasteiger partial charge is 0.246 e. The summed E-state index contributed by atoms with van der Waals surface area (Å²) >= 11 is 6.20. The number of ketones is 2. The van der Waals surface area contributed by atoms with E-state index >= 15 is 0 Å². The lowest BCUT2D eigenvalue weighted by Gasteiger charge is -2.35. The summed E-state index contributed by atoms with van der Waals surface area (Å²) in [4.78, 5) is 74.2. The fourth-order valence-electron chi connectivity index (χ4n) is 6.16. The van der Waals surface area contributed by atoms with E-state index in [4.69, 9.17) is 16.4 Å².